The van der Waals surface area contributed by atoms with E-state index in [2.05, 4.69) is 35.5 Å². The minimum absolute atomic E-state index is 0.0817. The quantitative estimate of drug-likeness (QED) is 0.195. The second kappa shape index (κ2) is 13.7. The van der Waals surface area contributed by atoms with Gasteiger partial charge in [-0.2, -0.15) is 4.98 Å². The van der Waals surface area contributed by atoms with Crippen molar-refractivity contribution in [3.05, 3.63) is 119 Å². The number of hydrogen-bond acceptors (Lipinski definition) is 8. The molecule has 1 N–H and O–H groups in total. The molecule has 2 aromatic heterocycles. The molecule has 1 atom stereocenters. The minimum Gasteiger partial charge on any atom is -0.475 e. The van der Waals surface area contributed by atoms with Crippen molar-refractivity contribution in [2.75, 3.05) is 11.3 Å². The first-order valence-corrected chi connectivity index (χ1v) is 17.5. The molecule has 4 bridgehead atoms. The van der Waals surface area contributed by atoms with Crippen molar-refractivity contribution in [2.24, 2.45) is 5.41 Å². The molecule has 0 fully saturated rings. The van der Waals surface area contributed by atoms with Gasteiger partial charge in [0.25, 0.3) is 15.9 Å². The summed E-state index contributed by atoms with van der Waals surface area (Å²) >= 11 is 0. The highest BCUT2D eigenvalue weighted by molar-refractivity contribution is 7.92. The molecule has 49 heavy (non-hydrogen) atoms. The first kappa shape index (κ1) is 33.6. The third-order valence-corrected chi connectivity index (χ3v) is 9.44. The zero-order valence-electron chi connectivity index (χ0n) is 28.2. The second-order valence-electron chi connectivity index (χ2n) is 13.4. The second-order valence-corrected chi connectivity index (χ2v) is 15.0. The minimum atomic E-state index is -4.19. The van der Waals surface area contributed by atoms with Crippen LogP contribution in [0.2, 0.25) is 0 Å². The molecule has 0 unspecified atom stereocenters. The normalized spacial score (nSPS) is 16.0. The van der Waals surface area contributed by atoms with Gasteiger partial charge in [0.2, 0.25) is 17.7 Å². The lowest BCUT2D eigenvalue weighted by molar-refractivity contribution is 0.0509. The molecule has 11 heteroatoms. The van der Waals surface area contributed by atoms with Crippen LogP contribution in [0, 0.1) is 19.3 Å². The number of pyridine rings is 1. The fraction of sp³-hybridized carbons (Fsp3) is 0.263. The van der Waals surface area contributed by atoms with Crippen LogP contribution in [0.25, 0.3) is 11.3 Å². The molecule has 252 valence electrons. The number of carbonyl (C=O) groups excluding carboxylic acids is 1. The molecular weight excluding hydrogens is 639 g/mol. The highest BCUT2D eigenvalue weighted by Gasteiger charge is 2.32. The van der Waals surface area contributed by atoms with Gasteiger partial charge in [0.05, 0.1) is 28.9 Å². The zero-order chi connectivity index (χ0) is 34.8. The fourth-order valence-corrected chi connectivity index (χ4v) is 6.92. The summed E-state index contributed by atoms with van der Waals surface area (Å²) in [5, 5.41) is 0. The number of aryl methyl sites for hydroxylation is 2. The Labute approximate surface area is 287 Å². The number of amides is 1. The van der Waals surface area contributed by atoms with Gasteiger partial charge in [0.1, 0.15) is 12.4 Å². The molecular formula is C38H39N5O5S. The first-order valence-electron chi connectivity index (χ1n) is 16.1. The molecule has 0 spiro atoms. The summed E-state index contributed by atoms with van der Waals surface area (Å²) in [7, 11) is -4.19. The molecule has 6 rings (SSSR count). The van der Waals surface area contributed by atoms with Gasteiger partial charge in [-0.25, -0.2) is 23.1 Å². The van der Waals surface area contributed by atoms with Gasteiger partial charge in [-0.05, 0) is 73.2 Å². The molecule has 0 saturated heterocycles. The standard InChI is InChI=1S/C38H39N5O5S/c1-25-12-9-13-26(2)35(25)32-21-34-41-37(40-32)42-49(45,46)31-18-10-14-27(20-31)36(44)43(29(24-47-34)22-38(3,4)5)23-28-15-11-19-33(39-28)48-30-16-7-6-8-17-30/h6-21,29H,22-24H2,1-5H3,(H,40,41,42)/t29-/m1/s1. The Morgan fingerprint density at radius 2 is 1.59 bits per heavy atom. The predicted octanol–water partition coefficient (Wildman–Crippen LogP) is 7.59. The molecule has 1 aliphatic rings. The largest absolute Gasteiger partial charge is 0.475 e. The number of sulfonamides is 1. The maximum atomic E-state index is 14.5. The van der Waals surface area contributed by atoms with Gasteiger partial charge in [0, 0.05) is 23.3 Å². The molecule has 1 aliphatic heterocycles. The number of ether oxygens (including phenoxy) is 2. The maximum Gasteiger partial charge on any atom is 0.264 e. The van der Waals surface area contributed by atoms with Crippen LogP contribution in [0.1, 0.15) is 54.4 Å². The van der Waals surface area contributed by atoms with E-state index in [-0.39, 0.29) is 46.8 Å². The maximum absolute atomic E-state index is 14.5. The third kappa shape index (κ3) is 8.06. The third-order valence-electron chi connectivity index (χ3n) is 8.11. The zero-order valence-corrected chi connectivity index (χ0v) is 29.0. The number of para-hydroxylation sites is 1. The van der Waals surface area contributed by atoms with Crippen molar-refractivity contribution in [3.63, 3.8) is 0 Å². The smallest absolute Gasteiger partial charge is 0.264 e. The van der Waals surface area contributed by atoms with Crippen LogP contribution in [-0.2, 0) is 16.6 Å². The van der Waals surface area contributed by atoms with Crippen molar-refractivity contribution >= 4 is 21.9 Å². The van der Waals surface area contributed by atoms with Gasteiger partial charge in [-0.1, -0.05) is 69.3 Å². The average molecular weight is 678 g/mol. The Hall–Kier alpha value is -5.29. The van der Waals surface area contributed by atoms with Gasteiger partial charge < -0.3 is 14.4 Å². The summed E-state index contributed by atoms with van der Waals surface area (Å²) in [4.78, 5) is 29.9. The lowest BCUT2D eigenvalue weighted by atomic mass is 9.87. The van der Waals surface area contributed by atoms with Crippen LogP contribution < -0.4 is 14.2 Å². The molecule has 10 nitrogen and oxygen atoms in total. The Morgan fingerprint density at radius 1 is 0.878 bits per heavy atom. The van der Waals surface area contributed by atoms with Crippen LogP contribution in [0.5, 0.6) is 17.5 Å². The Morgan fingerprint density at radius 3 is 2.33 bits per heavy atom. The van der Waals surface area contributed by atoms with E-state index in [0.717, 1.165) is 16.7 Å². The average Bonchev–Trinajstić information content (AvgIpc) is 3.05. The molecule has 1 amide bonds. The van der Waals surface area contributed by atoms with Crippen molar-refractivity contribution in [1.29, 1.82) is 0 Å². The van der Waals surface area contributed by atoms with Crippen molar-refractivity contribution in [3.8, 4) is 28.8 Å². The Bertz CT molecular complexity index is 2080. The number of carbonyl (C=O) groups is 1. The summed E-state index contributed by atoms with van der Waals surface area (Å²) in [6, 6.07) is 27.9. The number of hydrogen-bond donors (Lipinski definition) is 1. The Kier molecular flexibility index (Phi) is 9.38. The fourth-order valence-electron chi connectivity index (χ4n) is 5.93. The van der Waals surface area contributed by atoms with Crippen LogP contribution in [0.3, 0.4) is 0 Å². The van der Waals surface area contributed by atoms with Crippen molar-refractivity contribution < 1.29 is 22.7 Å². The topological polar surface area (TPSA) is 124 Å². The Balaban J connectivity index is 1.45. The molecule has 5 aromatic rings. The number of aromatic nitrogens is 3. The van der Waals surface area contributed by atoms with E-state index >= 15 is 0 Å². The van der Waals surface area contributed by atoms with E-state index in [1.807, 2.05) is 74.5 Å². The summed E-state index contributed by atoms with van der Waals surface area (Å²) in [6.07, 6.45) is 0.566. The van der Waals surface area contributed by atoms with Gasteiger partial charge in [-0.3, -0.25) is 4.79 Å². The molecule has 0 aliphatic carbocycles. The first-order chi connectivity index (χ1) is 23.3. The molecule has 3 aromatic carbocycles. The lowest BCUT2D eigenvalue weighted by Gasteiger charge is -2.35. The van der Waals surface area contributed by atoms with E-state index in [1.54, 1.807) is 29.2 Å². The van der Waals surface area contributed by atoms with E-state index < -0.39 is 16.1 Å². The number of anilines is 1. The highest BCUT2D eigenvalue weighted by Crippen LogP contribution is 2.32. The van der Waals surface area contributed by atoms with Gasteiger partial charge >= 0.3 is 0 Å². The summed E-state index contributed by atoms with van der Waals surface area (Å²) in [6.45, 7) is 10.4. The SMILES string of the molecule is Cc1cccc(C)c1-c1cc2nc(n1)NS(=O)(=O)c1cccc(c1)C(=O)N(Cc1cccc(Oc3ccccc3)n1)[C@H](CC(C)(C)C)CO2. The van der Waals surface area contributed by atoms with E-state index in [9.17, 15) is 13.2 Å². The number of fused-ring (bicyclic) bond motifs is 4. The van der Waals surface area contributed by atoms with Crippen LogP contribution in [0.4, 0.5) is 5.95 Å². The number of rotatable bonds is 6. The number of benzene rings is 3. The van der Waals surface area contributed by atoms with Gasteiger partial charge in [0.15, 0.2) is 0 Å². The van der Waals surface area contributed by atoms with Crippen molar-refractivity contribution in [2.45, 2.75) is 58.5 Å². The van der Waals surface area contributed by atoms with E-state index in [1.165, 1.54) is 12.1 Å². The van der Waals surface area contributed by atoms with Crippen LogP contribution in [0.15, 0.2) is 102 Å². The summed E-state index contributed by atoms with van der Waals surface area (Å²) in [5.74, 6) is 0.714. The van der Waals surface area contributed by atoms with E-state index in [0.29, 0.717) is 29.4 Å². The summed E-state index contributed by atoms with van der Waals surface area (Å²) < 4.78 is 42.3. The molecule has 0 radical (unpaired) electrons. The van der Waals surface area contributed by atoms with Crippen LogP contribution >= 0.6 is 0 Å². The summed E-state index contributed by atoms with van der Waals surface area (Å²) in [5.41, 5.74) is 3.91. The molecule has 0 saturated carbocycles. The van der Waals surface area contributed by atoms with E-state index in [4.69, 9.17) is 14.5 Å². The van der Waals surface area contributed by atoms with Gasteiger partial charge in [-0.15, -0.1) is 0 Å². The highest BCUT2D eigenvalue weighted by atomic mass is 32.2. The van der Waals surface area contributed by atoms with Crippen LogP contribution in [-0.4, -0.2) is 46.8 Å². The number of nitrogens with one attached hydrogen (secondary N) is 1. The lowest BCUT2D eigenvalue weighted by Crippen LogP contribution is -2.45. The predicted molar refractivity (Wildman–Crippen MR) is 188 cm³/mol. The van der Waals surface area contributed by atoms with Crippen molar-refractivity contribution in [1.82, 2.24) is 19.9 Å². The molecule has 3 heterocycles. The monoisotopic (exact) mass is 677 g/mol. The number of nitrogens with zero attached hydrogens (tertiary/aromatic N) is 4.